The van der Waals surface area contributed by atoms with Crippen LogP contribution in [-0.2, 0) is 14.3 Å². The molecule has 0 aromatic heterocycles. The van der Waals surface area contributed by atoms with E-state index in [9.17, 15) is 9.59 Å². The van der Waals surface area contributed by atoms with Gasteiger partial charge in [0.2, 0.25) is 0 Å². The van der Waals surface area contributed by atoms with Gasteiger partial charge in [0.1, 0.15) is 30.6 Å². The quantitative estimate of drug-likeness (QED) is 0.174. The van der Waals surface area contributed by atoms with Crippen molar-refractivity contribution in [2.24, 2.45) is 0 Å². The van der Waals surface area contributed by atoms with Crippen molar-refractivity contribution >= 4 is 18.1 Å². The Morgan fingerprint density at radius 2 is 1.78 bits per heavy atom. The highest BCUT2D eigenvalue weighted by molar-refractivity contribution is 5.93. The topological polar surface area (TPSA) is 85.6 Å². The molecule has 1 amide bonds. The molecule has 0 aliphatic carbocycles. The summed E-state index contributed by atoms with van der Waals surface area (Å²) in [5.41, 5.74) is 0.747. The van der Waals surface area contributed by atoms with Gasteiger partial charge in [-0.2, -0.15) is 10.1 Å². The molecule has 0 heterocycles. The molecular formula is C20H25N2O5+. The summed E-state index contributed by atoms with van der Waals surface area (Å²) in [5.74, 6) is -0.0250. The van der Waals surface area contributed by atoms with Crippen molar-refractivity contribution in [2.45, 2.75) is 6.92 Å². The maximum atomic E-state index is 11.9. The zero-order valence-corrected chi connectivity index (χ0v) is 16.1. The first-order chi connectivity index (χ1) is 12.8. The molecule has 0 saturated carbocycles. The molecule has 0 atom stereocenters. The van der Waals surface area contributed by atoms with E-state index in [1.807, 2.05) is 31.2 Å². The van der Waals surface area contributed by atoms with Gasteiger partial charge in [-0.3, -0.25) is 0 Å². The number of hydrogen-bond acceptors (Lipinski definition) is 6. The Morgan fingerprint density at radius 1 is 1.15 bits per heavy atom. The lowest BCUT2D eigenvalue weighted by atomic mass is 10.2. The van der Waals surface area contributed by atoms with Crippen LogP contribution in [0.1, 0.15) is 12.5 Å². The van der Waals surface area contributed by atoms with Gasteiger partial charge in [0.25, 0.3) is 0 Å². The molecule has 1 aromatic carbocycles. The van der Waals surface area contributed by atoms with Gasteiger partial charge in [0, 0.05) is 0 Å². The SMILES string of the molecule is CC[N+](C)(C)C(=O)OCCOC(=O)/C(C#N)=C/C=C/c1ccc(OC)cc1. The average molecular weight is 373 g/mol. The molecule has 0 aliphatic rings. The van der Waals surface area contributed by atoms with Gasteiger partial charge in [-0.1, -0.05) is 24.3 Å². The number of rotatable bonds is 8. The van der Waals surface area contributed by atoms with Crippen LogP contribution in [0, 0.1) is 11.3 Å². The molecule has 7 heteroatoms. The molecule has 0 unspecified atom stereocenters. The summed E-state index contributed by atoms with van der Waals surface area (Å²) >= 11 is 0. The van der Waals surface area contributed by atoms with Crippen molar-refractivity contribution in [1.29, 1.82) is 5.26 Å². The van der Waals surface area contributed by atoms with E-state index in [1.54, 1.807) is 39.4 Å². The Bertz CT molecular complexity index is 743. The molecule has 1 rings (SSSR count). The van der Waals surface area contributed by atoms with Crippen LogP contribution >= 0.6 is 0 Å². The predicted molar refractivity (Wildman–Crippen MR) is 101 cm³/mol. The van der Waals surface area contributed by atoms with Crippen molar-refractivity contribution < 1.29 is 28.3 Å². The van der Waals surface area contributed by atoms with Crippen LogP contribution in [0.5, 0.6) is 5.75 Å². The monoisotopic (exact) mass is 373 g/mol. The minimum Gasteiger partial charge on any atom is -0.497 e. The number of carbonyl (C=O) groups excluding carboxylic acids is 2. The smallest absolute Gasteiger partial charge is 0.497 e. The molecule has 0 spiro atoms. The van der Waals surface area contributed by atoms with Gasteiger partial charge < -0.3 is 14.2 Å². The second kappa shape index (κ2) is 10.8. The van der Waals surface area contributed by atoms with Crippen molar-refractivity contribution in [1.82, 2.24) is 0 Å². The summed E-state index contributed by atoms with van der Waals surface area (Å²) < 4.78 is 15.2. The standard InChI is InChI=1S/C20H25N2O5/c1-5-22(2,3)20(24)27-14-13-26-19(23)17(15-21)8-6-7-16-9-11-18(25-4)12-10-16/h6-12H,5,13-14H2,1-4H3/q+1/b7-6+,17-8+. The molecule has 0 fully saturated rings. The maximum Gasteiger partial charge on any atom is 0.515 e. The molecule has 0 saturated heterocycles. The number of nitriles is 1. The third-order valence-electron chi connectivity index (χ3n) is 3.83. The van der Waals surface area contributed by atoms with E-state index in [0.717, 1.165) is 11.3 Å². The van der Waals surface area contributed by atoms with Gasteiger partial charge in [-0.15, -0.1) is 0 Å². The van der Waals surface area contributed by atoms with Crippen LogP contribution in [0.4, 0.5) is 4.79 Å². The fourth-order valence-corrected chi connectivity index (χ4v) is 1.77. The number of esters is 1. The van der Waals surface area contributed by atoms with Gasteiger partial charge >= 0.3 is 12.1 Å². The van der Waals surface area contributed by atoms with Gasteiger partial charge in [-0.05, 0) is 30.7 Å². The number of hydrogen-bond donors (Lipinski definition) is 0. The normalized spacial score (nSPS) is 11.7. The number of allylic oxidation sites excluding steroid dienone is 2. The van der Waals surface area contributed by atoms with Crippen LogP contribution in [0.3, 0.4) is 0 Å². The first-order valence-electron chi connectivity index (χ1n) is 8.44. The van der Waals surface area contributed by atoms with E-state index in [1.165, 1.54) is 6.08 Å². The Labute approximate surface area is 159 Å². The number of quaternary nitrogens is 1. The zero-order valence-electron chi connectivity index (χ0n) is 16.1. The minimum absolute atomic E-state index is 0.0628. The molecular weight excluding hydrogens is 348 g/mol. The van der Waals surface area contributed by atoms with Crippen molar-refractivity contribution in [3.8, 4) is 11.8 Å². The Kier molecular flexibility index (Phi) is 8.76. The molecule has 1 aromatic rings. The summed E-state index contributed by atoms with van der Waals surface area (Å²) in [6.07, 6.45) is 4.29. The van der Waals surface area contributed by atoms with Gasteiger partial charge in [-0.25, -0.2) is 9.28 Å². The largest absolute Gasteiger partial charge is 0.515 e. The lowest BCUT2D eigenvalue weighted by Crippen LogP contribution is -2.45. The van der Waals surface area contributed by atoms with Crippen molar-refractivity contribution in [2.75, 3.05) is 41.0 Å². The molecule has 27 heavy (non-hydrogen) atoms. The fraction of sp³-hybridized carbons (Fsp3) is 0.350. The number of carbonyl (C=O) groups is 2. The summed E-state index contributed by atoms with van der Waals surface area (Å²) in [6, 6.07) is 9.10. The number of ether oxygens (including phenoxy) is 3. The molecule has 0 radical (unpaired) electrons. The second-order valence-electron chi connectivity index (χ2n) is 6.08. The summed E-state index contributed by atoms with van der Waals surface area (Å²) in [4.78, 5) is 23.7. The van der Waals surface area contributed by atoms with Crippen molar-refractivity contribution in [3.63, 3.8) is 0 Å². The number of nitrogens with zero attached hydrogens (tertiary/aromatic N) is 2. The van der Waals surface area contributed by atoms with E-state index in [2.05, 4.69) is 0 Å². The van der Waals surface area contributed by atoms with E-state index in [-0.39, 0.29) is 23.3 Å². The van der Waals surface area contributed by atoms with Crippen LogP contribution in [0.2, 0.25) is 0 Å². The molecule has 144 valence electrons. The predicted octanol–water partition coefficient (Wildman–Crippen LogP) is 2.93. The third kappa shape index (κ3) is 7.34. The van der Waals surface area contributed by atoms with Crippen LogP contribution in [0.25, 0.3) is 6.08 Å². The summed E-state index contributed by atoms with van der Waals surface area (Å²) in [6.45, 7) is 2.27. The van der Waals surface area contributed by atoms with Crippen molar-refractivity contribution in [3.05, 3.63) is 47.6 Å². The second-order valence-corrected chi connectivity index (χ2v) is 6.08. The Balaban J connectivity index is 2.51. The molecule has 7 nitrogen and oxygen atoms in total. The minimum atomic E-state index is -0.767. The van der Waals surface area contributed by atoms with E-state index < -0.39 is 12.1 Å². The lowest BCUT2D eigenvalue weighted by Gasteiger charge is -2.23. The van der Waals surface area contributed by atoms with Gasteiger partial charge in [0.05, 0.1) is 27.7 Å². The van der Waals surface area contributed by atoms with E-state index >= 15 is 0 Å². The molecule has 0 N–H and O–H groups in total. The van der Waals surface area contributed by atoms with Crippen LogP contribution < -0.4 is 4.74 Å². The number of benzene rings is 1. The number of methoxy groups -OCH3 is 1. The number of amides is 1. The highest BCUT2D eigenvalue weighted by Gasteiger charge is 2.26. The molecule has 0 aliphatic heterocycles. The van der Waals surface area contributed by atoms with Crippen LogP contribution in [0.15, 0.2) is 42.0 Å². The highest BCUT2D eigenvalue weighted by atomic mass is 16.6. The summed E-state index contributed by atoms with van der Waals surface area (Å²) in [5, 5.41) is 9.09. The Morgan fingerprint density at radius 3 is 2.33 bits per heavy atom. The average Bonchev–Trinajstić information content (AvgIpc) is 2.68. The van der Waals surface area contributed by atoms with E-state index in [4.69, 9.17) is 19.5 Å². The van der Waals surface area contributed by atoms with E-state index in [0.29, 0.717) is 6.54 Å². The third-order valence-corrected chi connectivity index (χ3v) is 3.83. The maximum absolute atomic E-state index is 11.9. The molecule has 0 bridgehead atoms. The zero-order chi connectivity index (χ0) is 20.3. The van der Waals surface area contributed by atoms with Gasteiger partial charge in [0.15, 0.2) is 0 Å². The van der Waals surface area contributed by atoms with Crippen LogP contribution in [-0.4, -0.2) is 57.5 Å². The summed E-state index contributed by atoms with van der Waals surface area (Å²) in [7, 11) is 5.03. The Hall–Kier alpha value is -3.11. The fourth-order valence-electron chi connectivity index (χ4n) is 1.77. The first kappa shape index (κ1) is 21.9. The lowest BCUT2D eigenvalue weighted by molar-refractivity contribution is -0.815. The first-order valence-corrected chi connectivity index (χ1v) is 8.44. The highest BCUT2D eigenvalue weighted by Crippen LogP contribution is 2.12.